The topological polar surface area (TPSA) is 81.4 Å². The van der Waals surface area contributed by atoms with Gasteiger partial charge < -0.3 is 10.5 Å². The molecule has 1 aliphatic rings. The second kappa shape index (κ2) is 6.33. The Hall–Kier alpha value is -1.46. The van der Waals surface area contributed by atoms with Crippen molar-refractivity contribution in [1.82, 2.24) is 4.72 Å². The predicted octanol–water partition coefficient (Wildman–Crippen LogP) is 0.203. The minimum Gasteiger partial charge on any atom is -0.380 e. The van der Waals surface area contributed by atoms with E-state index in [0.29, 0.717) is 19.6 Å². The van der Waals surface area contributed by atoms with E-state index in [1.807, 2.05) is 0 Å². The first-order valence-electron chi connectivity index (χ1n) is 6.11. The first-order chi connectivity index (χ1) is 9.53. The summed E-state index contributed by atoms with van der Waals surface area (Å²) in [6, 6.07) is 3.35. The average Bonchev–Trinajstić information content (AvgIpc) is 2.89. The summed E-state index contributed by atoms with van der Waals surface area (Å²) in [7, 11) is -3.75. The molecule has 7 heteroatoms. The van der Waals surface area contributed by atoms with Crippen LogP contribution in [-0.4, -0.2) is 34.2 Å². The molecule has 3 N–H and O–H groups in total. The minimum atomic E-state index is -3.75. The van der Waals surface area contributed by atoms with Crippen molar-refractivity contribution in [3.05, 3.63) is 29.6 Å². The van der Waals surface area contributed by atoms with Crippen LogP contribution in [0.3, 0.4) is 0 Å². The molecule has 1 aromatic rings. The molecular weight excluding hydrogens is 283 g/mol. The summed E-state index contributed by atoms with van der Waals surface area (Å²) in [5, 5.41) is 0. The highest BCUT2D eigenvalue weighted by Crippen LogP contribution is 2.16. The fourth-order valence-electron chi connectivity index (χ4n) is 1.83. The highest BCUT2D eigenvalue weighted by Gasteiger charge is 2.24. The number of ether oxygens (including phenoxy) is 1. The molecule has 2 rings (SSSR count). The Morgan fingerprint density at radius 2 is 2.30 bits per heavy atom. The largest absolute Gasteiger partial charge is 0.380 e. The fraction of sp³-hybridized carbons (Fsp3) is 0.385. The van der Waals surface area contributed by atoms with Gasteiger partial charge in [0.25, 0.3) is 0 Å². The number of nitrogens with one attached hydrogen (secondary N) is 1. The lowest BCUT2D eigenvalue weighted by molar-refractivity contribution is 0.192. The van der Waals surface area contributed by atoms with E-state index in [0.717, 1.165) is 6.07 Å². The smallest absolute Gasteiger partial charge is 0.241 e. The third kappa shape index (κ3) is 3.55. The predicted molar refractivity (Wildman–Crippen MR) is 71.9 cm³/mol. The summed E-state index contributed by atoms with van der Waals surface area (Å²) in [5.41, 5.74) is 5.33. The van der Waals surface area contributed by atoms with Crippen LogP contribution >= 0.6 is 0 Å². The van der Waals surface area contributed by atoms with Crippen molar-refractivity contribution in [1.29, 1.82) is 0 Å². The number of rotatable bonds is 3. The minimum absolute atomic E-state index is 0.114. The van der Waals surface area contributed by atoms with Gasteiger partial charge in [-0.1, -0.05) is 11.8 Å². The molecule has 1 aromatic carbocycles. The maximum atomic E-state index is 13.8. The molecule has 1 fully saturated rings. The number of nitrogens with two attached hydrogens (primary N) is 1. The lowest BCUT2D eigenvalue weighted by Crippen LogP contribution is -2.35. The monoisotopic (exact) mass is 298 g/mol. The Labute approximate surface area is 117 Å². The first kappa shape index (κ1) is 14.9. The quantitative estimate of drug-likeness (QED) is 0.781. The van der Waals surface area contributed by atoms with Crippen LogP contribution in [0.1, 0.15) is 12.0 Å². The Kier molecular flexibility index (Phi) is 4.73. The SMILES string of the molecule is NCC#Cc1ccc(S(=O)(=O)NC2CCOC2)cc1F. The molecule has 0 spiro atoms. The van der Waals surface area contributed by atoms with Gasteiger partial charge in [0, 0.05) is 12.6 Å². The van der Waals surface area contributed by atoms with E-state index in [-0.39, 0.29) is 23.0 Å². The molecule has 5 nitrogen and oxygen atoms in total. The lowest BCUT2D eigenvalue weighted by atomic mass is 10.2. The number of halogens is 1. The van der Waals surface area contributed by atoms with Crippen LogP contribution in [0.2, 0.25) is 0 Å². The molecular formula is C13H15FN2O3S. The summed E-state index contributed by atoms with van der Waals surface area (Å²) < 4.78 is 45.5. The van der Waals surface area contributed by atoms with Crippen molar-refractivity contribution in [2.45, 2.75) is 17.4 Å². The van der Waals surface area contributed by atoms with Crippen LogP contribution in [0.15, 0.2) is 23.1 Å². The summed E-state index contributed by atoms with van der Waals surface area (Å²) in [6.45, 7) is 0.972. The van der Waals surface area contributed by atoms with Crippen molar-refractivity contribution in [3.63, 3.8) is 0 Å². The van der Waals surface area contributed by atoms with Crippen molar-refractivity contribution >= 4 is 10.0 Å². The molecule has 0 saturated carbocycles. The highest BCUT2D eigenvalue weighted by molar-refractivity contribution is 7.89. The van der Waals surface area contributed by atoms with Gasteiger partial charge in [0.05, 0.1) is 23.6 Å². The molecule has 108 valence electrons. The van der Waals surface area contributed by atoms with Gasteiger partial charge in [-0.25, -0.2) is 17.5 Å². The Morgan fingerprint density at radius 1 is 1.50 bits per heavy atom. The molecule has 20 heavy (non-hydrogen) atoms. The lowest BCUT2D eigenvalue weighted by Gasteiger charge is -2.11. The van der Waals surface area contributed by atoms with Crippen molar-refractivity contribution < 1.29 is 17.5 Å². The summed E-state index contributed by atoms with van der Waals surface area (Å²) >= 11 is 0. The zero-order valence-electron chi connectivity index (χ0n) is 10.7. The summed E-state index contributed by atoms with van der Waals surface area (Å²) in [6.07, 6.45) is 0.613. The van der Waals surface area contributed by atoms with Crippen molar-refractivity contribution in [2.24, 2.45) is 5.73 Å². The normalized spacial score (nSPS) is 18.6. The van der Waals surface area contributed by atoms with Crippen LogP contribution in [0, 0.1) is 17.7 Å². The number of hydrogen-bond donors (Lipinski definition) is 2. The van der Waals surface area contributed by atoms with Gasteiger partial charge in [-0.2, -0.15) is 0 Å². The van der Waals surface area contributed by atoms with Crippen LogP contribution in [0.5, 0.6) is 0 Å². The van der Waals surface area contributed by atoms with Crippen molar-refractivity contribution in [2.75, 3.05) is 19.8 Å². The molecule has 0 bridgehead atoms. The highest BCUT2D eigenvalue weighted by atomic mass is 32.2. The molecule has 0 amide bonds. The van der Waals surface area contributed by atoms with Gasteiger partial charge >= 0.3 is 0 Å². The number of hydrogen-bond acceptors (Lipinski definition) is 4. The molecule has 1 aliphatic heterocycles. The van der Waals surface area contributed by atoms with E-state index in [2.05, 4.69) is 16.6 Å². The number of sulfonamides is 1. The van der Waals surface area contributed by atoms with E-state index < -0.39 is 15.8 Å². The summed E-state index contributed by atoms with van der Waals surface area (Å²) in [5.74, 6) is 4.37. The summed E-state index contributed by atoms with van der Waals surface area (Å²) in [4.78, 5) is -0.125. The molecule has 0 aromatic heterocycles. The molecule has 1 atom stereocenters. The Balaban J connectivity index is 2.21. The molecule has 0 radical (unpaired) electrons. The zero-order valence-corrected chi connectivity index (χ0v) is 11.5. The van der Waals surface area contributed by atoms with Crippen LogP contribution in [0.25, 0.3) is 0 Å². The van der Waals surface area contributed by atoms with Gasteiger partial charge in [0.1, 0.15) is 5.82 Å². The molecule has 1 saturated heterocycles. The third-order valence-corrected chi connectivity index (χ3v) is 4.35. The first-order valence-corrected chi connectivity index (χ1v) is 7.60. The standard InChI is InChI=1S/C13H15FN2O3S/c14-13-8-12(4-3-10(13)2-1-6-15)20(17,18)16-11-5-7-19-9-11/h3-4,8,11,16H,5-7,9,15H2. The Morgan fingerprint density at radius 3 is 2.90 bits per heavy atom. The van der Waals surface area contributed by atoms with Gasteiger partial charge in [-0.15, -0.1) is 0 Å². The average molecular weight is 298 g/mol. The van der Waals surface area contributed by atoms with Crippen LogP contribution in [-0.2, 0) is 14.8 Å². The third-order valence-electron chi connectivity index (χ3n) is 2.83. The van der Waals surface area contributed by atoms with Gasteiger partial charge in [-0.05, 0) is 24.6 Å². The van der Waals surface area contributed by atoms with E-state index >= 15 is 0 Å². The Bertz CT molecular complexity index is 643. The second-order valence-corrected chi connectivity index (χ2v) is 6.04. The van der Waals surface area contributed by atoms with Crippen LogP contribution in [0.4, 0.5) is 4.39 Å². The van der Waals surface area contributed by atoms with E-state index in [1.54, 1.807) is 0 Å². The second-order valence-electron chi connectivity index (χ2n) is 4.33. The fourth-order valence-corrected chi connectivity index (χ4v) is 3.09. The zero-order chi connectivity index (χ0) is 14.6. The van der Waals surface area contributed by atoms with E-state index in [9.17, 15) is 12.8 Å². The van der Waals surface area contributed by atoms with Gasteiger partial charge in [-0.3, -0.25) is 0 Å². The molecule has 1 heterocycles. The van der Waals surface area contributed by atoms with Crippen LogP contribution < -0.4 is 10.5 Å². The van der Waals surface area contributed by atoms with E-state index in [1.165, 1.54) is 12.1 Å². The van der Waals surface area contributed by atoms with Gasteiger partial charge in [0.15, 0.2) is 0 Å². The number of benzene rings is 1. The maximum absolute atomic E-state index is 13.8. The van der Waals surface area contributed by atoms with Gasteiger partial charge in [0.2, 0.25) is 10.0 Å². The molecule has 0 aliphatic carbocycles. The molecule has 1 unspecified atom stereocenters. The van der Waals surface area contributed by atoms with E-state index in [4.69, 9.17) is 10.5 Å². The maximum Gasteiger partial charge on any atom is 0.241 e. The van der Waals surface area contributed by atoms with Crippen molar-refractivity contribution in [3.8, 4) is 11.8 Å².